The van der Waals surface area contributed by atoms with Crippen molar-refractivity contribution in [2.75, 3.05) is 13.1 Å². The maximum atomic E-state index is 12.3. The maximum absolute atomic E-state index is 12.3. The summed E-state index contributed by atoms with van der Waals surface area (Å²) in [5.74, 6) is 0.979. The number of hydrogen-bond acceptors (Lipinski definition) is 3. The lowest BCUT2D eigenvalue weighted by Crippen LogP contribution is -2.41. The van der Waals surface area contributed by atoms with E-state index in [9.17, 15) is 4.79 Å². The summed E-state index contributed by atoms with van der Waals surface area (Å²) in [7, 11) is 0. The highest BCUT2D eigenvalue weighted by atomic mass is 16.5. The molecule has 0 spiro atoms. The number of benzene rings is 1. The lowest BCUT2D eigenvalue weighted by Gasteiger charge is -2.32. The van der Waals surface area contributed by atoms with Crippen molar-refractivity contribution in [3.8, 4) is 5.75 Å². The molecule has 2 heterocycles. The molecule has 0 atom stereocenters. The molecule has 0 N–H and O–H groups in total. The number of aromatic nitrogens is 1. The van der Waals surface area contributed by atoms with E-state index in [2.05, 4.69) is 4.98 Å². The van der Waals surface area contributed by atoms with E-state index in [1.165, 1.54) is 0 Å². The summed E-state index contributed by atoms with van der Waals surface area (Å²) in [5, 5.41) is 0. The molecule has 1 amide bonds. The van der Waals surface area contributed by atoms with Crippen LogP contribution < -0.4 is 4.74 Å². The predicted octanol–water partition coefficient (Wildman–Crippen LogP) is 2.77. The van der Waals surface area contributed by atoms with Gasteiger partial charge in [0, 0.05) is 43.9 Å². The van der Waals surface area contributed by atoms with Gasteiger partial charge in [0.1, 0.15) is 11.9 Å². The Kier molecular flexibility index (Phi) is 4.15. The lowest BCUT2D eigenvalue weighted by atomic mass is 10.1. The van der Waals surface area contributed by atoms with Gasteiger partial charge >= 0.3 is 0 Å². The number of carbonyl (C=O) groups excluding carboxylic acids is 1. The number of rotatable bonds is 3. The third kappa shape index (κ3) is 3.40. The van der Waals surface area contributed by atoms with Crippen molar-refractivity contribution >= 4 is 5.91 Å². The Morgan fingerprint density at radius 3 is 2.38 bits per heavy atom. The van der Waals surface area contributed by atoms with E-state index >= 15 is 0 Å². The normalized spacial score (nSPS) is 15.7. The summed E-state index contributed by atoms with van der Waals surface area (Å²) in [6.07, 6.45) is 5.22. The quantitative estimate of drug-likeness (QED) is 0.869. The molecule has 1 saturated heterocycles. The van der Waals surface area contributed by atoms with Crippen molar-refractivity contribution in [3.05, 3.63) is 60.4 Å². The standard InChI is InChI=1S/C17H18N2O2/c20-17(14-6-10-18-11-7-14)19-12-8-16(9-13-19)21-15-4-2-1-3-5-15/h1-7,10-11,16H,8-9,12-13H2. The molecule has 1 aliphatic heterocycles. The summed E-state index contributed by atoms with van der Waals surface area (Å²) in [6.45, 7) is 1.47. The largest absolute Gasteiger partial charge is 0.490 e. The number of likely N-dealkylation sites (tertiary alicyclic amines) is 1. The van der Waals surface area contributed by atoms with Crippen LogP contribution >= 0.6 is 0 Å². The van der Waals surface area contributed by atoms with Crippen LogP contribution in [-0.4, -0.2) is 35.0 Å². The molecule has 1 aromatic carbocycles. The molecule has 1 aromatic heterocycles. The van der Waals surface area contributed by atoms with E-state index in [1.54, 1.807) is 24.5 Å². The van der Waals surface area contributed by atoms with E-state index in [1.807, 2.05) is 35.2 Å². The molecule has 3 rings (SSSR count). The van der Waals surface area contributed by atoms with Crippen LogP contribution in [0.5, 0.6) is 5.75 Å². The van der Waals surface area contributed by atoms with Gasteiger partial charge in [0.25, 0.3) is 5.91 Å². The smallest absolute Gasteiger partial charge is 0.253 e. The van der Waals surface area contributed by atoms with Crippen LogP contribution in [-0.2, 0) is 0 Å². The highest BCUT2D eigenvalue weighted by Gasteiger charge is 2.24. The van der Waals surface area contributed by atoms with Crippen LogP contribution in [0.3, 0.4) is 0 Å². The topological polar surface area (TPSA) is 42.4 Å². The number of piperidine rings is 1. The van der Waals surface area contributed by atoms with Gasteiger partial charge in [-0.25, -0.2) is 0 Å². The number of carbonyl (C=O) groups is 1. The average molecular weight is 282 g/mol. The second-order valence-corrected chi connectivity index (χ2v) is 5.16. The first kappa shape index (κ1) is 13.6. The van der Waals surface area contributed by atoms with E-state index in [0.29, 0.717) is 5.56 Å². The molecular weight excluding hydrogens is 264 g/mol. The first-order chi connectivity index (χ1) is 10.3. The SMILES string of the molecule is O=C(c1ccncc1)N1CCC(Oc2ccccc2)CC1. The van der Waals surface area contributed by atoms with Gasteiger partial charge in [-0.2, -0.15) is 0 Å². The Labute approximate surface area is 124 Å². The average Bonchev–Trinajstić information content (AvgIpc) is 2.57. The molecule has 0 unspecified atom stereocenters. The molecule has 4 heteroatoms. The first-order valence-electron chi connectivity index (χ1n) is 7.24. The summed E-state index contributed by atoms with van der Waals surface area (Å²) in [4.78, 5) is 18.2. The minimum atomic E-state index is 0.0792. The molecule has 21 heavy (non-hydrogen) atoms. The Balaban J connectivity index is 1.54. The van der Waals surface area contributed by atoms with Crippen LogP contribution in [0, 0.1) is 0 Å². The Morgan fingerprint density at radius 1 is 1.05 bits per heavy atom. The maximum Gasteiger partial charge on any atom is 0.253 e. The third-order valence-electron chi connectivity index (χ3n) is 3.70. The van der Waals surface area contributed by atoms with Gasteiger partial charge in [-0.05, 0) is 24.3 Å². The minimum Gasteiger partial charge on any atom is -0.490 e. The Bertz CT molecular complexity index is 578. The first-order valence-corrected chi connectivity index (χ1v) is 7.24. The monoisotopic (exact) mass is 282 g/mol. The number of nitrogens with zero attached hydrogens (tertiary/aromatic N) is 2. The molecule has 0 bridgehead atoms. The van der Waals surface area contributed by atoms with Crippen LogP contribution in [0.15, 0.2) is 54.9 Å². The fourth-order valence-corrected chi connectivity index (χ4v) is 2.55. The van der Waals surface area contributed by atoms with E-state index in [0.717, 1.165) is 31.7 Å². The van der Waals surface area contributed by atoms with Gasteiger partial charge < -0.3 is 9.64 Å². The van der Waals surface area contributed by atoms with Crippen molar-refractivity contribution in [3.63, 3.8) is 0 Å². The number of para-hydroxylation sites is 1. The molecule has 0 saturated carbocycles. The molecular formula is C17H18N2O2. The van der Waals surface area contributed by atoms with Gasteiger partial charge in [-0.15, -0.1) is 0 Å². The molecule has 1 fully saturated rings. The van der Waals surface area contributed by atoms with Crippen LogP contribution in [0.25, 0.3) is 0 Å². The van der Waals surface area contributed by atoms with E-state index < -0.39 is 0 Å². The van der Waals surface area contributed by atoms with Crippen LogP contribution in [0.2, 0.25) is 0 Å². The fourth-order valence-electron chi connectivity index (χ4n) is 2.55. The van der Waals surface area contributed by atoms with E-state index in [4.69, 9.17) is 4.74 Å². The lowest BCUT2D eigenvalue weighted by molar-refractivity contribution is 0.0595. The van der Waals surface area contributed by atoms with Gasteiger partial charge in [0.2, 0.25) is 0 Å². The van der Waals surface area contributed by atoms with Gasteiger partial charge in [-0.1, -0.05) is 18.2 Å². The zero-order valence-corrected chi connectivity index (χ0v) is 11.8. The summed E-state index contributed by atoms with van der Waals surface area (Å²) in [5.41, 5.74) is 0.701. The van der Waals surface area contributed by atoms with Crippen LogP contribution in [0.1, 0.15) is 23.2 Å². The van der Waals surface area contributed by atoms with Crippen molar-refractivity contribution in [2.45, 2.75) is 18.9 Å². The number of pyridine rings is 1. The molecule has 108 valence electrons. The van der Waals surface area contributed by atoms with Crippen molar-refractivity contribution < 1.29 is 9.53 Å². The highest BCUT2D eigenvalue weighted by Crippen LogP contribution is 2.19. The third-order valence-corrected chi connectivity index (χ3v) is 3.70. The van der Waals surface area contributed by atoms with Crippen LogP contribution in [0.4, 0.5) is 0 Å². The van der Waals surface area contributed by atoms with Crippen molar-refractivity contribution in [1.82, 2.24) is 9.88 Å². The molecule has 4 nitrogen and oxygen atoms in total. The zero-order valence-electron chi connectivity index (χ0n) is 11.8. The Hall–Kier alpha value is -2.36. The van der Waals surface area contributed by atoms with Crippen molar-refractivity contribution in [2.24, 2.45) is 0 Å². The highest BCUT2D eigenvalue weighted by molar-refractivity contribution is 5.94. The molecule has 1 aliphatic rings. The van der Waals surface area contributed by atoms with Gasteiger partial charge in [-0.3, -0.25) is 9.78 Å². The predicted molar refractivity (Wildman–Crippen MR) is 80.2 cm³/mol. The van der Waals surface area contributed by atoms with Crippen molar-refractivity contribution in [1.29, 1.82) is 0 Å². The molecule has 0 aliphatic carbocycles. The number of hydrogen-bond donors (Lipinski definition) is 0. The second kappa shape index (κ2) is 6.39. The summed E-state index contributed by atoms with van der Waals surface area (Å²) >= 11 is 0. The fraction of sp³-hybridized carbons (Fsp3) is 0.294. The molecule has 2 aromatic rings. The summed E-state index contributed by atoms with van der Waals surface area (Å²) in [6, 6.07) is 13.4. The zero-order chi connectivity index (χ0) is 14.5. The molecule has 0 radical (unpaired) electrons. The number of amides is 1. The minimum absolute atomic E-state index is 0.0792. The second-order valence-electron chi connectivity index (χ2n) is 5.16. The number of ether oxygens (including phenoxy) is 1. The summed E-state index contributed by atoms with van der Waals surface area (Å²) < 4.78 is 5.94. The van der Waals surface area contributed by atoms with Gasteiger partial charge in [0.15, 0.2) is 0 Å². The van der Waals surface area contributed by atoms with E-state index in [-0.39, 0.29) is 12.0 Å². The Morgan fingerprint density at radius 2 is 1.71 bits per heavy atom. The van der Waals surface area contributed by atoms with Gasteiger partial charge in [0.05, 0.1) is 0 Å².